The Balaban J connectivity index is 1.57. The third-order valence-corrected chi connectivity index (χ3v) is 4.32. The molecule has 0 bridgehead atoms. The van der Waals surface area contributed by atoms with Gasteiger partial charge in [0.25, 0.3) is 0 Å². The van der Waals surface area contributed by atoms with Crippen molar-refractivity contribution in [2.24, 2.45) is 5.92 Å². The predicted molar refractivity (Wildman–Crippen MR) is 79.0 cm³/mol. The summed E-state index contributed by atoms with van der Waals surface area (Å²) in [4.78, 5) is 0. The summed E-state index contributed by atoms with van der Waals surface area (Å²) < 4.78 is 13.5. The highest BCUT2D eigenvalue weighted by molar-refractivity contribution is 4.97. The molecule has 2 unspecified atom stereocenters. The van der Waals surface area contributed by atoms with E-state index in [1.807, 2.05) is 4.68 Å². The fraction of sp³-hybridized carbons (Fsp3) is 0.867. The zero-order valence-electron chi connectivity index (χ0n) is 13.0. The average molecular weight is 294 g/mol. The van der Waals surface area contributed by atoms with Crippen LogP contribution in [0.1, 0.15) is 44.8 Å². The Morgan fingerprint density at radius 2 is 2.38 bits per heavy atom. The van der Waals surface area contributed by atoms with E-state index in [4.69, 9.17) is 9.47 Å². The normalized spacial score (nSPS) is 29.6. The van der Waals surface area contributed by atoms with Crippen molar-refractivity contribution in [3.05, 3.63) is 11.9 Å². The smallest absolute Gasteiger partial charge is 0.0964 e. The molecule has 0 radical (unpaired) electrons. The lowest BCUT2D eigenvalue weighted by Gasteiger charge is -2.36. The number of ether oxygens (including phenoxy) is 2. The molecule has 118 valence electrons. The monoisotopic (exact) mass is 294 g/mol. The summed E-state index contributed by atoms with van der Waals surface area (Å²) in [5.74, 6) is 0.651. The van der Waals surface area contributed by atoms with Crippen LogP contribution in [0.5, 0.6) is 0 Å². The van der Waals surface area contributed by atoms with Gasteiger partial charge in [0.05, 0.1) is 30.1 Å². The zero-order valence-corrected chi connectivity index (χ0v) is 13.0. The molecule has 3 rings (SSSR count). The first-order chi connectivity index (χ1) is 10.2. The molecule has 6 nitrogen and oxygen atoms in total. The molecule has 1 aromatic rings. The van der Waals surface area contributed by atoms with Crippen LogP contribution in [0.2, 0.25) is 0 Å². The lowest BCUT2D eigenvalue weighted by atomic mass is 9.90. The topological polar surface area (TPSA) is 61.2 Å². The highest BCUT2D eigenvalue weighted by atomic mass is 16.6. The third-order valence-electron chi connectivity index (χ3n) is 4.32. The van der Waals surface area contributed by atoms with Crippen molar-refractivity contribution < 1.29 is 9.47 Å². The molecule has 2 aliphatic rings. The highest BCUT2D eigenvalue weighted by Crippen LogP contribution is 2.37. The summed E-state index contributed by atoms with van der Waals surface area (Å²) in [6.45, 7) is 8.52. The SMILES string of the molecule is CC(C)CNCc1cn(C2CCOC3(CCOC3)C2)nn1. The van der Waals surface area contributed by atoms with Crippen molar-refractivity contribution in [2.75, 3.05) is 26.4 Å². The van der Waals surface area contributed by atoms with Crippen molar-refractivity contribution >= 4 is 0 Å². The van der Waals surface area contributed by atoms with Gasteiger partial charge in [-0.2, -0.15) is 0 Å². The molecule has 2 fully saturated rings. The van der Waals surface area contributed by atoms with Gasteiger partial charge in [-0.1, -0.05) is 19.1 Å². The van der Waals surface area contributed by atoms with E-state index in [2.05, 4.69) is 35.7 Å². The maximum atomic E-state index is 5.98. The van der Waals surface area contributed by atoms with E-state index in [-0.39, 0.29) is 5.60 Å². The molecular weight excluding hydrogens is 268 g/mol. The Morgan fingerprint density at radius 1 is 1.48 bits per heavy atom. The van der Waals surface area contributed by atoms with Crippen LogP contribution in [0.4, 0.5) is 0 Å². The van der Waals surface area contributed by atoms with Crippen molar-refractivity contribution in [1.29, 1.82) is 0 Å². The maximum Gasteiger partial charge on any atom is 0.0964 e. The number of nitrogens with one attached hydrogen (secondary N) is 1. The van der Waals surface area contributed by atoms with E-state index in [1.54, 1.807) is 0 Å². The van der Waals surface area contributed by atoms with E-state index in [0.29, 0.717) is 12.0 Å². The standard InChI is InChI=1S/C15H26N4O2/c1-12(2)8-16-9-13-10-19(18-17-13)14-3-5-21-15(7-14)4-6-20-11-15/h10,12,14,16H,3-9,11H2,1-2H3. The second kappa shape index (κ2) is 6.42. The Hall–Kier alpha value is -0.980. The van der Waals surface area contributed by atoms with E-state index in [1.165, 1.54) is 0 Å². The quantitative estimate of drug-likeness (QED) is 0.892. The molecule has 3 heterocycles. The molecule has 6 heteroatoms. The van der Waals surface area contributed by atoms with Crippen LogP contribution in [0, 0.1) is 5.92 Å². The fourth-order valence-corrected chi connectivity index (χ4v) is 3.15. The minimum Gasteiger partial charge on any atom is -0.378 e. The molecule has 1 N–H and O–H groups in total. The summed E-state index contributed by atoms with van der Waals surface area (Å²) in [5, 5.41) is 12.0. The Kier molecular flexibility index (Phi) is 4.57. The van der Waals surface area contributed by atoms with Crippen LogP contribution in [-0.2, 0) is 16.0 Å². The van der Waals surface area contributed by atoms with E-state index < -0.39 is 0 Å². The summed E-state index contributed by atoms with van der Waals surface area (Å²) in [6.07, 6.45) is 5.06. The van der Waals surface area contributed by atoms with Gasteiger partial charge in [0.15, 0.2) is 0 Å². The predicted octanol–water partition coefficient (Wildman–Crippen LogP) is 1.53. The third kappa shape index (κ3) is 3.62. The zero-order chi connectivity index (χ0) is 14.7. The van der Waals surface area contributed by atoms with Crippen molar-refractivity contribution in [3.8, 4) is 0 Å². The van der Waals surface area contributed by atoms with Crippen molar-refractivity contribution in [2.45, 2.75) is 51.3 Å². The molecular formula is C15H26N4O2. The van der Waals surface area contributed by atoms with Gasteiger partial charge in [-0.15, -0.1) is 5.10 Å². The van der Waals surface area contributed by atoms with Gasteiger partial charge >= 0.3 is 0 Å². The second-order valence-electron chi connectivity index (χ2n) is 6.70. The molecule has 0 aromatic carbocycles. The average Bonchev–Trinajstić information content (AvgIpc) is 3.09. The summed E-state index contributed by atoms with van der Waals surface area (Å²) in [7, 11) is 0. The largest absolute Gasteiger partial charge is 0.378 e. The molecule has 2 aliphatic heterocycles. The highest BCUT2D eigenvalue weighted by Gasteiger charge is 2.41. The van der Waals surface area contributed by atoms with Crippen LogP contribution >= 0.6 is 0 Å². The number of nitrogens with zero attached hydrogens (tertiary/aromatic N) is 3. The maximum absolute atomic E-state index is 5.98. The number of hydrogen-bond donors (Lipinski definition) is 1. The van der Waals surface area contributed by atoms with Crippen LogP contribution in [0.15, 0.2) is 6.20 Å². The second-order valence-corrected chi connectivity index (χ2v) is 6.70. The molecule has 0 amide bonds. The lowest BCUT2D eigenvalue weighted by molar-refractivity contribution is -0.0964. The summed E-state index contributed by atoms with van der Waals surface area (Å²) in [6, 6.07) is 0.381. The van der Waals surface area contributed by atoms with Gasteiger partial charge in [-0.05, 0) is 18.9 Å². The van der Waals surface area contributed by atoms with Gasteiger partial charge in [0.2, 0.25) is 0 Å². The molecule has 1 aromatic heterocycles. The van der Waals surface area contributed by atoms with Gasteiger partial charge in [0, 0.05) is 32.6 Å². The van der Waals surface area contributed by atoms with Crippen LogP contribution in [-0.4, -0.2) is 47.0 Å². The van der Waals surface area contributed by atoms with E-state index in [0.717, 1.165) is 57.9 Å². The number of hydrogen-bond acceptors (Lipinski definition) is 5. The Morgan fingerprint density at radius 3 is 3.14 bits per heavy atom. The molecule has 21 heavy (non-hydrogen) atoms. The van der Waals surface area contributed by atoms with Gasteiger partial charge in [-0.25, -0.2) is 4.68 Å². The first kappa shape index (κ1) is 14.9. The van der Waals surface area contributed by atoms with Crippen LogP contribution in [0.25, 0.3) is 0 Å². The molecule has 2 atom stereocenters. The first-order valence-electron chi connectivity index (χ1n) is 8.00. The minimum atomic E-state index is -0.0784. The van der Waals surface area contributed by atoms with E-state index >= 15 is 0 Å². The molecule has 2 saturated heterocycles. The number of rotatable bonds is 5. The van der Waals surface area contributed by atoms with Crippen molar-refractivity contribution in [3.63, 3.8) is 0 Å². The van der Waals surface area contributed by atoms with Gasteiger partial charge in [0.1, 0.15) is 0 Å². The van der Waals surface area contributed by atoms with Gasteiger partial charge in [-0.3, -0.25) is 0 Å². The summed E-state index contributed by atoms with van der Waals surface area (Å²) in [5.41, 5.74) is 0.934. The Bertz CT molecular complexity index is 454. The molecule has 0 aliphatic carbocycles. The number of aromatic nitrogens is 3. The van der Waals surface area contributed by atoms with Crippen LogP contribution in [0.3, 0.4) is 0 Å². The Labute approximate surface area is 126 Å². The molecule has 1 spiro atoms. The summed E-state index contributed by atoms with van der Waals surface area (Å²) >= 11 is 0. The minimum absolute atomic E-state index is 0.0784. The fourth-order valence-electron chi connectivity index (χ4n) is 3.15. The molecule has 0 saturated carbocycles. The van der Waals surface area contributed by atoms with Crippen LogP contribution < -0.4 is 5.32 Å². The van der Waals surface area contributed by atoms with Gasteiger partial charge < -0.3 is 14.8 Å². The first-order valence-corrected chi connectivity index (χ1v) is 8.00. The van der Waals surface area contributed by atoms with E-state index in [9.17, 15) is 0 Å². The van der Waals surface area contributed by atoms with Crippen molar-refractivity contribution in [1.82, 2.24) is 20.3 Å². The lowest BCUT2D eigenvalue weighted by Crippen LogP contribution is -2.41.